The number of hydrogen-bond acceptors (Lipinski definition) is 4. The molecule has 2 rings (SSSR count). The third-order valence-corrected chi connectivity index (χ3v) is 4.67. The van der Waals surface area contributed by atoms with Crippen molar-refractivity contribution in [2.75, 3.05) is 0 Å². The van der Waals surface area contributed by atoms with Crippen molar-refractivity contribution in [3.63, 3.8) is 0 Å². The second-order valence-electron chi connectivity index (χ2n) is 6.34. The van der Waals surface area contributed by atoms with Crippen LogP contribution >= 0.6 is 0 Å². The van der Waals surface area contributed by atoms with Gasteiger partial charge in [-0.15, -0.1) is 0 Å². The molecule has 0 radical (unpaired) electrons. The Morgan fingerprint density at radius 2 is 1.64 bits per heavy atom. The molecule has 0 saturated carbocycles. The molecule has 0 aliphatic heterocycles. The number of rotatable bonds is 8. The van der Waals surface area contributed by atoms with E-state index in [2.05, 4.69) is 13.2 Å². The van der Waals surface area contributed by atoms with E-state index < -0.39 is 17.7 Å². The number of benzene rings is 1. The van der Waals surface area contributed by atoms with Gasteiger partial charge < -0.3 is 9.47 Å². The average Bonchev–Trinajstić information content (AvgIpc) is 2.72. The summed E-state index contributed by atoms with van der Waals surface area (Å²) in [6.45, 7) is 10.9. The van der Waals surface area contributed by atoms with Crippen LogP contribution in [0.15, 0.2) is 85.0 Å². The standard InChI is InChI=1S/C24H26O4/c1-5-20-19(15-14-18-12-10-9-11-13-18)16-17-24(21(20)6-2,27-22(25)7-3)28-23(26)8-4/h7-17,21H,3-6H2,1-2H3. The maximum Gasteiger partial charge on any atom is 0.333 e. The van der Waals surface area contributed by atoms with Crippen molar-refractivity contribution in [2.45, 2.75) is 32.5 Å². The summed E-state index contributed by atoms with van der Waals surface area (Å²) in [5, 5.41) is 0. The Morgan fingerprint density at radius 1 is 1.04 bits per heavy atom. The zero-order chi connectivity index (χ0) is 20.6. The van der Waals surface area contributed by atoms with Gasteiger partial charge in [0.25, 0.3) is 5.79 Å². The van der Waals surface area contributed by atoms with Crippen molar-refractivity contribution < 1.29 is 19.1 Å². The van der Waals surface area contributed by atoms with Gasteiger partial charge in [0, 0.05) is 18.2 Å². The number of esters is 2. The number of allylic oxidation sites excluding steroid dienone is 3. The second kappa shape index (κ2) is 9.70. The number of carbonyl (C=O) groups excluding carboxylic acids is 2. The van der Waals surface area contributed by atoms with Gasteiger partial charge in [-0.25, -0.2) is 9.59 Å². The summed E-state index contributed by atoms with van der Waals surface area (Å²) in [5.41, 5.74) is 3.14. The first kappa shape index (κ1) is 21.2. The van der Waals surface area contributed by atoms with Crippen LogP contribution in [-0.4, -0.2) is 17.7 Å². The summed E-state index contributed by atoms with van der Waals surface area (Å²) in [7, 11) is 0. The van der Waals surface area contributed by atoms with E-state index in [1.54, 1.807) is 6.08 Å². The summed E-state index contributed by atoms with van der Waals surface area (Å²) in [4.78, 5) is 24.0. The molecule has 1 aromatic carbocycles. The lowest BCUT2D eigenvalue weighted by Crippen LogP contribution is -2.46. The molecule has 1 unspecified atom stereocenters. The Morgan fingerprint density at radius 3 is 2.14 bits per heavy atom. The molecule has 0 fully saturated rings. The third kappa shape index (κ3) is 4.77. The minimum absolute atomic E-state index is 0.314. The molecule has 1 aliphatic rings. The fraction of sp³-hybridized carbons (Fsp3) is 0.250. The van der Waals surface area contributed by atoms with Crippen LogP contribution in [0.1, 0.15) is 32.3 Å². The van der Waals surface area contributed by atoms with E-state index in [1.807, 2.05) is 62.4 Å². The zero-order valence-electron chi connectivity index (χ0n) is 16.4. The van der Waals surface area contributed by atoms with E-state index in [1.165, 1.54) is 0 Å². The van der Waals surface area contributed by atoms with Crippen molar-refractivity contribution in [1.82, 2.24) is 0 Å². The first-order chi connectivity index (χ1) is 13.5. The predicted octanol–water partition coefficient (Wildman–Crippen LogP) is 5.16. The Bertz CT molecular complexity index is 805. The van der Waals surface area contributed by atoms with Crippen LogP contribution in [0.5, 0.6) is 0 Å². The molecular weight excluding hydrogens is 352 g/mol. The minimum atomic E-state index is -1.51. The van der Waals surface area contributed by atoms with Crippen LogP contribution < -0.4 is 0 Å². The van der Waals surface area contributed by atoms with E-state index >= 15 is 0 Å². The van der Waals surface area contributed by atoms with E-state index in [4.69, 9.17) is 9.47 Å². The van der Waals surface area contributed by atoms with Crippen LogP contribution in [0.2, 0.25) is 0 Å². The topological polar surface area (TPSA) is 52.6 Å². The molecule has 0 amide bonds. The summed E-state index contributed by atoms with van der Waals surface area (Å²) >= 11 is 0. The molecule has 1 atom stereocenters. The monoisotopic (exact) mass is 378 g/mol. The van der Waals surface area contributed by atoms with Crippen LogP contribution in [0, 0.1) is 5.92 Å². The van der Waals surface area contributed by atoms with Gasteiger partial charge in [-0.05, 0) is 24.0 Å². The average molecular weight is 378 g/mol. The van der Waals surface area contributed by atoms with Crippen molar-refractivity contribution in [3.8, 4) is 0 Å². The van der Waals surface area contributed by atoms with Gasteiger partial charge in [0.1, 0.15) is 0 Å². The van der Waals surface area contributed by atoms with Crippen molar-refractivity contribution in [2.24, 2.45) is 5.92 Å². The molecule has 0 bridgehead atoms. The Hall–Kier alpha value is -3.14. The molecule has 1 aliphatic carbocycles. The SMILES string of the molecule is C=CC(=O)OC1(OC(=O)C=C)C=CC(C=Cc2ccccc2)=C(CC)C1CC. The van der Waals surface area contributed by atoms with Gasteiger partial charge in [0.15, 0.2) is 0 Å². The Balaban J connectivity index is 2.47. The quantitative estimate of drug-likeness (QED) is 0.356. The van der Waals surface area contributed by atoms with E-state index in [-0.39, 0.29) is 5.92 Å². The normalized spacial score (nSPS) is 18.0. The summed E-state index contributed by atoms with van der Waals surface area (Å²) < 4.78 is 11.1. The highest BCUT2D eigenvalue weighted by atomic mass is 16.7. The number of hydrogen-bond donors (Lipinski definition) is 0. The van der Waals surface area contributed by atoms with Gasteiger partial charge in [0.05, 0.1) is 5.92 Å². The second-order valence-corrected chi connectivity index (χ2v) is 6.34. The molecule has 0 aromatic heterocycles. The molecule has 146 valence electrons. The summed E-state index contributed by atoms with van der Waals surface area (Å²) in [5.74, 6) is -3.14. The zero-order valence-corrected chi connectivity index (χ0v) is 16.4. The fourth-order valence-electron chi connectivity index (χ4n) is 3.40. The molecular formula is C24H26O4. The van der Waals surface area contributed by atoms with Gasteiger partial charge >= 0.3 is 11.9 Å². The van der Waals surface area contributed by atoms with Crippen LogP contribution in [0.4, 0.5) is 0 Å². The maximum atomic E-state index is 12.0. The van der Waals surface area contributed by atoms with Crippen molar-refractivity contribution >= 4 is 18.0 Å². The van der Waals surface area contributed by atoms with Crippen LogP contribution in [-0.2, 0) is 19.1 Å². The molecule has 4 heteroatoms. The Kier molecular flexibility index (Phi) is 7.33. The van der Waals surface area contributed by atoms with E-state index in [0.29, 0.717) is 6.42 Å². The highest BCUT2D eigenvalue weighted by molar-refractivity contribution is 5.84. The fourth-order valence-corrected chi connectivity index (χ4v) is 3.40. The number of ether oxygens (including phenoxy) is 2. The molecule has 4 nitrogen and oxygen atoms in total. The molecule has 0 spiro atoms. The maximum absolute atomic E-state index is 12.0. The minimum Gasteiger partial charge on any atom is -0.415 e. The lowest BCUT2D eigenvalue weighted by molar-refractivity contribution is -0.218. The van der Waals surface area contributed by atoms with Crippen LogP contribution in [0.3, 0.4) is 0 Å². The summed E-state index contributed by atoms with van der Waals surface area (Å²) in [6, 6.07) is 9.98. The highest BCUT2D eigenvalue weighted by Gasteiger charge is 2.46. The first-order valence-corrected chi connectivity index (χ1v) is 9.35. The lowest BCUT2D eigenvalue weighted by atomic mass is 9.79. The van der Waals surface area contributed by atoms with Crippen LogP contribution in [0.25, 0.3) is 6.08 Å². The number of carbonyl (C=O) groups is 2. The smallest absolute Gasteiger partial charge is 0.333 e. The summed E-state index contributed by atoms with van der Waals surface area (Å²) in [6.07, 6.45) is 11.0. The van der Waals surface area contributed by atoms with Crippen molar-refractivity contribution in [3.05, 3.63) is 90.6 Å². The predicted molar refractivity (Wildman–Crippen MR) is 111 cm³/mol. The van der Waals surface area contributed by atoms with Gasteiger partial charge in [-0.3, -0.25) is 0 Å². The lowest BCUT2D eigenvalue weighted by Gasteiger charge is -2.40. The molecule has 1 aromatic rings. The largest absolute Gasteiger partial charge is 0.415 e. The van der Waals surface area contributed by atoms with E-state index in [0.717, 1.165) is 35.3 Å². The molecule has 0 saturated heterocycles. The van der Waals surface area contributed by atoms with E-state index in [9.17, 15) is 9.59 Å². The van der Waals surface area contributed by atoms with Gasteiger partial charge in [0.2, 0.25) is 0 Å². The van der Waals surface area contributed by atoms with Crippen molar-refractivity contribution in [1.29, 1.82) is 0 Å². The molecule has 28 heavy (non-hydrogen) atoms. The van der Waals surface area contributed by atoms with Gasteiger partial charge in [-0.1, -0.05) is 81.1 Å². The highest BCUT2D eigenvalue weighted by Crippen LogP contribution is 2.41. The van der Waals surface area contributed by atoms with Gasteiger partial charge in [-0.2, -0.15) is 0 Å². The third-order valence-electron chi connectivity index (χ3n) is 4.67. The first-order valence-electron chi connectivity index (χ1n) is 9.35. The molecule has 0 heterocycles. The Labute approximate surface area is 166 Å². The molecule has 0 N–H and O–H groups in total.